The van der Waals surface area contributed by atoms with Gasteiger partial charge in [-0.15, -0.1) is 0 Å². The quantitative estimate of drug-likeness (QED) is 0.473. The minimum atomic E-state index is 0.191. The number of phenols is 1. The zero-order valence-electron chi connectivity index (χ0n) is 14.5. The van der Waals surface area contributed by atoms with Crippen LogP contribution >= 0.6 is 0 Å². The van der Waals surface area contributed by atoms with E-state index in [0.717, 1.165) is 16.7 Å². The molecule has 0 bridgehead atoms. The van der Waals surface area contributed by atoms with Gasteiger partial charge in [0.2, 0.25) is 11.7 Å². The van der Waals surface area contributed by atoms with Gasteiger partial charge in [0.05, 0.1) is 0 Å². The fraction of sp³-hybridized carbons (Fsp3) is 0. The van der Waals surface area contributed by atoms with Crippen LogP contribution in [-0.4, -0.2) is 25.2 Å². The Labute approximate surface area is 159 Å². The highest BCUT2D eigenvalue weighted by atomic mass is 16.5. The number of ether oxygens (including phenoxy) is 1. The van der Waals surface area contributed by atoms with Crippen LogP contribution in [0.1, 0.15) is 0 Å². The third-order valence-corrected chi connectivity index (χ3v) is 4.22. The van der Waals surface area contributed by atoms with Gasteiger partial charge in [0.1, 0.15) is 17.2 Å². The number of aromatic nitrogens is 4. The van der Waals surface area contributed by atoms with E-state index >= 15 is 0 Å². The second-order valence-electron chi connectivity index (χ2n) is 6.18. The van der Waals surface area contributed by atoms with Gasteiger partial charge in [-0.1, -0.05) is 23.4 Å². The molecule has 3 aromatic heterocycles. The highest BCUT2D eigenvalue weighted by Gasteiger charge is 2.14. The summed E-state index contributed by atoms with van der Waals surface area (Å²) in [7, 11) is 0. The van der Waals surface area contributed by atoms with E-state index in [2.05, 4.69) is 20.1 Å². The summed E-state index contributed by atoms with van der Waals surface area (Å²) in [6.45, 7) is 0. The Hall–Kier alpha value is -4.13. The Kier molecular flexibility index (Phi) is 3.76. The molecule has 28 heavy (non-hydrogen) atoms. The van der Waals surface area contributed by atoms with Crippen LogP contribution in [0.3, 0.4) is 0 Å². The number of phenolic OH excluding ortho intramolecular Hbond substituents is 1. The maximum atomic E-state index is 9.59. The molecule has 5 aromatic rings. The zero-order chi connectivity index (χ0) is 18.9. The summed E-state index contributed by atoms with van der Waals surface area (Å²) in [6.07, 6.45) is 1.64. The normalized spacial score (nSPS) is 11.0. The molecular weight excluding hydrogens is 356 g/mol. The molecule has 0 atom stereocenters. The summed E-state index contributed by atoms with van der Waals surface area (Å²) in [5, 5.41) is 14.6. The molecule has 0 unspecified atom stereocenters. The Bertz CT molecular complexity index is 1240. The first-order valence-corrected chi connectivity index (χ1v) is 8.60. The molecule has 0 aliphatic heterocycles. The number of hydrogen-bond donors (Lipinski definition) is 2. The van der Waals surface area contributed by atoms with Gasteiger partial charge in [-0.2, -0.15) is 4.98 Å². The Morgan fingerprint density at radius 3 is 2.68 bits per heavy atom. The number of nitrogens with one attached hydrogen (secondary N) is 1. The summed E-state index contributed by atoms with van der Waals surface area (Å²) in [4.78, 5) is 11.9. The molecule has 2 N–H and O–H groups in total. The van der Waals surface area contributed by atoms with Crippen LogP contribution in [0.4, 0.5) is 0 Å². The fourth-order valence-electron chi connectivity index (χ4n) is 2.86. The monoisotopic (exact) mass is 370 g/mol. The number of aromatic amines is 1. The number of benzene rings is 2. The standard InChI is InChI=1S/C21H14N4O3/c26-15-8-6-13-10-18(23-17(13)11-15)21-24-20(25-28-21)14-7-9-19(22-12-14)27-16-4-2-1-3-5-16/h1-12,23,26H. The number of hydrogen-bond acceptors (Lipinski definition) is 6. The van der Waals surface area contributed by atoms with Gasteiger partial charge < -0.3 is 19.4 Å². The highest BCUT2D eigenvalue weighted by Crippen LogP contribution is 2.27. The van der Waals surface area contributed by atoms with E-state index in [-0.39, 0.29) is 5.75 Å². The third kappa shape index (κ3) is 3.05. The van der Waals surface area contributed by atoms with Crippen LogP contribution < -0.4 is 4.74 Å². The predicted molar refractivity (Wildman–Crippen MR) is 103 cm³/mol. The van der Waals surface area contributed by atoms with Gasteiger partial charge in [0.25, 0.3) is 5.89 Å². The van der Waals surface area contributed by atoms with Crippen LogP contribution in [0.2, 0.25) is 0 Å². The fourth-order valence-corrected chi connectivity index (χ4v) is 2.86. The first-order chi connectivity index (χ1) is 13.7. The predicted octanol–water partition coefficient (Wildman–Crippen LogP) is 4.78. The van der Waals surface area contributed by atoms with Crippen molar-refractivity contribution in [3.8, 4) is 40.4 Å². The summed E-state index contributed by atoms with van der Waals surface area (Å²) >= 11 is 0. The van der Waals surface area contributed by atoms with Crippen molar-refractivity contribution in [2.24, 2.45) is 0 Å². The van der Waals surface area contributed by atoms with Gasteiger partial charge in [0.15, 0.2) is 0 Å². The topological polar surface area (TPSA) is 97.1 Å². The number of nitrogens with zero attached hydrogens (tertiary/aromatic N) is 3. The van der Waals surface area contributed by atoms with Crippen molar-refractivity contribution in [1.29, 1.82) is 0 Å². The van der Waals surface area contributed by atoms with Gasteiger partial charge in [-0.25, -0.2) is 4.98 Å². The Morgan fingerprint density at radius 2 is 1.86 bits per heavy atom. The lowest BCUT2D eigenvalue weighted by Gasteiger charge is -2.04. The van der Waals surface area contributed by atoms with Crippen LogP contribution in [0.15, 0.2) is 77.4 Å². The molecule has 0 fully saturated rings. The second kappa shape index (κ2) is 6.55. The average molecular weight is 370 g/mol. The van der Waals surface area contributed by atoms with Gasteiger partial charge >= 0.3 is 0 Å². The van der Waals surface area contributed by atoms with Crippen molar-refractivity contribution in [3.63, 3.8) is 0 Å². The van der Waals surface area contributed by atoms with E-state index in [9.17, 15) is 5.11 Å². The van der Waals surface area contributed by atoms with Crippen molar-refractivity contribution in [2.45, 2.75) is 0 Å². The van der Waals surface area contributed by atoms with Crippen LogP contribution in [0, 0.1) is 0 Å². The molecule has 3 heterocycles. The molecular formula is C21H14N4O3. The molecule has 0 saturated carbocycles. The smallest absolute Gasteiger partial charge is 0.274 e. The number of rotatable bonds is 4. The van der Waals surface area contributed by atoms with Gasteiger partial charge in [-0.3, -0.25) is 0 Å². The minimum Gasteiger partial charge on any atom is -0.508 e. The first kappa shape index (κ1) is 16.1. The molecule has 136 valence electrons. The lowest BCUT2D eigenvalue weighted by atomic mass is 10.2. The van der Waals surface area contributed by atoms with E-state index in [1.165, 1.54) is 0 Å². The lowest BCUT2D eigenvalue weighted by Crippen LogP contribution is -1.88. The Balaban J connectivity index is 1.39. The van der Waals surface area contributed by atoms with Crippen molar-refractivity contribution in [2.75, 3.05) is 0 Å². The average Bonchev–Trinajstić information content (AvgIpc) is 3.36. The molecule has 0 spiro atoms. The number of H-pyrrole nitrogens is 1. The third-order valence-electron chi connectivity index (χ3n) is 4.22. The molecule has 0 amide bonds. The second-order valence-corrected chi connectivity index (χ2v) is 6.18. The van der Waals surface area contributed by atoms with Crippen molar-refractivity contribution < 1.29 is 14.4 Å². The van der Waals surface area contributed by atoms with E-state index in [1.807, 2.05) is 48.5 Å². The number of pyridine rings is 1. The zero-order valence-corrected chi connectivity index (χ0v) is 14.5. The highest BCUT2D eigenvalue weighted by molar-refractivity contribution is 5.85. The Morgan fingerprint density at radius 1 is 0.964 bits per heavy atom. The van der Waals surface area contributed by atoms with Crippen LogP contribution in [0.5, 0.6) is 17.4 Å². The molecule has 2 aromatic carbocycles. The molecule has 7 nitrogen and oxygen atoms in total. The minimum absolute atomic E-state index is 0.191. The van der Waals surface area contributed by atoms with Crippen molar-refractivity contribution in [1.82, 2.24) is 20.1 Å². The number of para-hydroxylation sites is 1. The van der Waals surface area contributed by atoms with E-state index < -0.39 is 0 Å². The SMILES string of the molecule is Oc1ccc2cc(-c3nc(-c4ccc(Oc5ccccc5)nc4)no3)[nH]c2c1. The van der Waals surface area contributed by atoms with Gasteiger partial charge in [0, 0.05) is 34.8 Å². The maximum Gasteiger partial charge on any atom is 0.274 e. The first-order valence-electron chi connectivity index (χ1n) is 8.60. The number of aromatic hydroxyl groups is 1. The maximum absolute atomic E-state index is 9.59. The summed E-state index contributed by atoms with van der Waals surface area (Å²) in [5.74, 6) is 2.17. The largest absolute Gasteiger partial charge is 0.508 e. The molecule has 5 rings (SSSR count). The van der Waals surface area contributed by atoms with Crippen LogP contribution in [0.25, 0.3) is 33.9 Å². The molecule has 0 radical (unpaired) electrons. The lowest BCUT2D eigenvalue weighted by molar-refractivity contribution is 0.431. The molecule has 0 saturated heterocycles. The summed E-state index contributed by atoms with van der Waals surface area (Å²) < 4.78 is 11.1. The van der Waals surface area contributed by atoms with Crippen LogP contribution in [-0.2, 0) is 0 Å². The molecule has 0 aliphatic carbocycles. The van der Waals surface area contributed by atoms with Gasteiger partial charge in [-0.05, 0) is 36.4 Å². The molecule has 0 aliphatic rings. The van der Waals surface area contributed by atoms with E-state index in [4.69, 9.17) is 9.26 Å². The van der Waals surface area contributed by atoms with Crippen molar-refractivity contribution >= 4 is 10.9 Å². The summed E-state index contributed by atoms with van der Waals surface area (Å²) in [6, 6.07) is 20.0. The van der Waals surface area contributed by atoms with Crippen molar-refractivity contribution in [3.05, 3.63) is 72.9 Å². The number of fused-ring (bicyclic) bond motifs is 1. The molecule has 7 heteroatoms. The van der Waals surface area contributed by atoms with E-state index in [0.29, 0.717) is 28.9 Å². The summed E-state index contributed by atoms with van der Waals surface area (Å²) in [5.41, 5.74) is 2.18. The van der Waals surface area contributed by atoms with E-state index in [1.54, 1.807) is 24.4 Å².